The highest BCUT2D eigenvalue weighted by molar-refractivity contribution is 5.94. The number of H-pyrrole nitrogens is 1. The van der Waals surface area contributed by atoms with Crippen molar-refractivity contribution in [2.45, 2.75) is 76.5 Å². The number of aromatic amines is 1. The average molecular weight is 560 g/mol. The van der Waals surface area contributed by atoms with Crippen LogP contribution in [0.5, 0.6) is 5.75 Å². The minimum Gasteiger partial charge on any atom is -0.508 e. The zero-order valence-electron chi connectivity index (χ0n) is 22.9. The number of nitrogens with zero attached hydrogens (tertiary/aromatic N) is 1. The van der Waals surface area contributed by atoms with Gasteiger partial charge in [-0.05, 0) is 55.8 Å². The molecule has 220 valence electrons. The highest BCUT2D eigenvalue weighted by Crippen LogP contribution is 2.13. The summed E-state index contributed by atoms with van der Waals surface area (Å²) in [6.45, 7) is 4.17. The van der Waals surface area contributed by atoms with E-state index in [-0.39, 0.29) is 37.4 Å². The van der Waals surface area contributed by atoms with E-state index in [1.807, 2.05) is 13.8 Å². The largest absolute Gasteiger partial charge is 0.508 e. The Morgan fingerprint density at radius 3 is 2.12 bits per heavy atom. The van der Waals surface area contributed by atoms with Crippen LogP contribution in [0, 0.1) is 5.92 Å². The number of phenols is 1. The van der Waals surface area contributed by atoms with Gasteiger partial charge in [-0.15, -0.1) is 0 Å². The molecule has 0 aliphatic rings. The van der Waals surface area contributed by atoms with E-state index >= 15 is 0 Å². The van der Waals surface area contributed by atoms with E-state index in [0.717, 1.165) is 0 Å². The minimum atomic E-state index is -1.20. The molecule has 10 N–H and O–H groups in total. The van der Waals surface area contributed by atoms with Crippen molar-refractivity contribution in [3.63, 3.8) is 0 Å². The number of imidazole rings is 1. The van der Waals surface area contributed by atoms with E-state index in [4.69, 9.17) is 11.5 Å². The van der Waals surface area contributed by atoms with Crippen LogP contribution in [0.3, 0.4) is 0 Å². The van der Waals surface area contributed by atoms with Crippen molar-refractivity contribution in [2.75, 3.05) is 6.54 Å². The molecular formula is C27H41N7O6. The summed E-state index contributed by atoms with van der Waals surface area (Å²) in [5, 5.41) is 27.1. The molecule has 2 aromatic rings. The highest BCUT2D eigenvalue weighted by Gasteiger charge is 2.31. The predicted octanol–water partition coefficient (Wildman–Crippen LogP) is -0.0581. The van der Waals surface area contributed by atoms with Gasteiger partial charge in [0.2, 0.25) is 17.7 Å². The smallest absolute Gasteiger partial charge is 0.326 e. The molecule has 4 unspecified atom stereocenters. The number of hydrogen-bond acceptors (Lipinski definition) is 8. The number of carboxylic acids is 1. The van der Waals surface area contributed by atoms with Crippen LogP contribution < -0.4 is 27.4 Å². The van der Waals surface area contributed by atoms with Gasteiger partial charge in [0.1, 0.15) is 23.9 Å². The van der Waals surface area contributed by atoms with Gasteiger partial charge in [-0.1, -0.05) is 26.0 Å². The van der Waals surface area contributed by atoms with Gasteiger partial charge < -0.3 is 42.6 Å². The summed E-state index contributed by atoms with van der Waals surface area (Å²) < 4.78 is 0. The van der Waals surface area contributed by atoms with Crippen molar-refractivity contribution in [2.24, 2.45) is 17.4 Å². The molecule has 0 radical (unpaired) electrons. The summed E-state index contributed by atoms with van der Waals surface area (Å²) in [6, 6.07) is 1.84. The Labute approximate surface area is 233 Å². The van der Waals surface area contributed by atoms with Crippen LogP contribution in [-0.2, 0) is 32.0 Å². The Hall–Kier alpha value is -3.97. The van der Waals surface area contributed by atoms with E-state index in [2.05, 4.69) is 25.9 Å². The molecule has 0 fully saturated rings. The number of phenolic OH excluding ortho intramolecular Hbond substituents is 1. The Kier molecular flexibility index (Phi) is 13.1. The molecule has 40 heavy (non-hydrogen) atoms. The van der Waals surface area contributed by atoms with E-state index < -0.39 is 47.9 Å². The number of aromatic nitrogens is 2. The summed E-state index contributed by atoms with van der Waals surface area (Å²) in [6.07, 6.45) is 4.80. The lowest BCUT2D eigenvalue weighted by Crippen LogP contribution is -2.58. The van der Waals surface area contributed by atoms with Crippen molar-refractivity contribution in [3.8, 4) is 5.75 Å². The Balaban J connectivity index is 2.20. The summed E-state index contributed by atoms with van der Waals surface area (Å²) in [5.41, 5.74) is 12.8. The number of hydrogen-bond donors (Lipinski definition) is 8. The van der Waals surface area contributed by atoms with Crippen LogP contribution in [0.4, 0.5) is 0 Å². The van der Waals surface area contributed by atoms with Crippen LogP contribution in [0.1, 0.15) is 50.8 Å². The number of aromatic hydroxyl groups is 1. The standard InChI is InChI=1S/C27H41N7O6/c1-16(2)11-22(33-24(36)20(29)13-18-14-30-15-31-18)25(37)34-23(12-17-6-8-19(35)9-7-17)26(38)32-21(27(39)40)5-3-4-10-28/h6-9,14-16,20-23,35H,3-5,10-13,28-29H2,1-2H3,(H,30,31)(H,32,38)(H,33,36)(H,34,37)(H,39,40). The van der Waals surface area contributed by atoms with Gasteiger partial charge in [-0.25, -0.2) is 9.78 Å². The number of carbonyl (C=O) groups excluding carboxylic acids is 3. The molecule has 0 aliphatic carbocycles. The number of unbranched alkanes of at least 4 members (excludes halogenated alkanes) is 1. The SMILES string of the molecule is CC(C)CC(NC(=O)C(N)Cc1cnc[nH]1)C(=O)NC(Cc1ccc(O)cc1)C(=O)NC(CCCCN)C(=O)O. The van der Waals surface area contributed by atoms with Gasteiger partial charge in [0.05, 0.1) is 12.4 Å². The molecule has 1 aromatic heterocycles. The molecule has 0 saturated heterocycles. The van der Waals surface area contributed by atoms with Crippen molar-refractivity contribution >= 4 is 23.7 Å². The van der Waals surface area contributed by atoms with Gasteiger partial charge in [0.25, 0.3) is 0 Å². The molecular weight excluding hydrogens is 518 g/mol. The fraction of sp³-hybridized carbons (Fsp3) is 0.519. The first kappa shape index (κ1) is 32.2. The Morgan fingerprint density at radius 1 is 0.925 bits per heavy atom. The second-order valence-electron chi connectivity index (χ2n) is 10.2. The zero-order chi connectivity index (χ0) is 29.7. The third-order valence-corrected chi connectivity index (χ3v) is 6.24. The summed E-state index contributed by atoms with van der Waals surface area (Å²) >= 11 is 0. The minimum absolute atomic E-state index is 0.0168. The van der Waals surface area contributed by atoms with Crippen LogP contribution >= 0.6 is 0 Å². The molecule has 0 aliphatic heterocycles. The molecule has 3 amide bonds. The van der Waals surface area contributed by atoms with Gasteiger partial charge in [0.15, 0.2) is 0 Å². The second-order valence-corrected chi connectivity index (χ2v) is 10.2. The number of benzene rings is 1. The number of nitrogens with one attached hydrogen (secondary N) is 4. The molecule has 4 atom stereocenters. The van der Waals surface area contributed by atoms with Crippen LogP contribution in [0.2, 0.25) is 0 Å². The molecule has 0 saturated carbocycles. The number of rotatable bonds is 17. The van der Waals surface area contributed by atoms with Crippen LogP contribution in [0.15, 0.2) is 36.8 Å². The zero-order valence-corrected chi connectivity index (χ0v) is 22.9. The van der Waals surface area contributed by atoms with Crippen molar-refractivity contribution in [1.82, 2.24) is 25.9 Å². The summed E-state index contributed by atoms with van der Waals surface area (Å²) in [5.74, 6) is -2.98. The van der Waals surface area contributed by atoms with Gasteiger partial charge >= 0.3 is 5.97 Å². The van der Waals surface area contributed by atoms with Gasteiger partial charge in [-0.2, -0.15) is 0 Å². The van der Waals surface area contributed by atoms with Crippen LogP contribution in [-0.4, -0.2) is 74.6 Å². The topological polar surface area (TPSA) is 226 Å². The van der Waals surface area contributed by atoms with E-state index in [1.54, 1.807) is 18.3 Å². The number of amides is 3. The van der Waals surface area contributed by atoms with Crippen molar-refractivity contribution < 1.29 is 29.4 Å². The van der Waals surface area contributed by atoms with E-state index in [9.17, 15) is 29.4 Å². The maximum Gasteiger partial charge on any atom is 0.326 e. The van der Waals surface area contributed by atoms with Crippen molar-refractivity contribution in [1.29, 1.82) is 0 Å². The average Bonchev–Trinajstić information content (AvgIpc) is 3.41. The normalized spacial score (nSPS) is 14.1. The maximum absolute atomic E-state index is 13.4. The molecule has 0 bridgehead atoms. The first-order chi connectivity index (χ1) is 19.0. The first-order valence-electron chi connectivity index (χ1n) is 13.3. The third-order valence-electron chi connectivity index (χ3n) is 6.24. The molecule has 1 aromatic carbocycles. The second kappa shape index (κ2) is 16.2. The molecule has 1 heterocycles. The first-order valence-corrected chi connectivity index (χ1v) is 13.3. The van der Waals surface area contributed by atoms with Crippen molar-refractivity contribution in [3.05, 3.63) is 48.0 Å². The van der Waals surface area contributed by atoms with Gasteiger partial charge in [-0.3, -0.25) is 14.4 Å². The van der Waals surface area contributed by atoms with E-state index in [1.165, 1.54) is 18.5 Å². The molecule has 0 spiro atoms. The summed E-state index contributed by atoms with van der Waals surface area (Å²) in [7, 11) is 0. The fourth-order valence-electron chi connectivity index (χ4n) is 4.08. The molecule has 13 nitrogen and oxygen atoms in total. The number of nitrogens with two attached hydrogens (primary N) is 2. The summed E-state index contributed by atoms with van der Waals surface area (Å²) in [4.78, 5) is 58.1. The number of aliphatic carboxylic acids is 1. The maximum atomic E-state index is 13.4. The molecule has 2 rings (SSSR count). The quantitative estimate of drug-likeness (QED) is 0.121. The number of carbonyl (C=O) groups is 4. The fourth-order valence-corrected chi connectivity index (χ4v) is 4.08. The lowest BCUT2D eigenvalue weighted by Gasteiger charge is -2.26. The van der Waals surface area contributed by atoms with Gasteiger partial charge in [0, 0.05) is 24.7 Å². The third kappa shape index (κ3) is 11.0. The van der Waals surface area contributed by atoms with E-state index in [0.29, 0.717) is 30.6 Å². The Bertz CT molecular complexity index is 1090. The number of carboxylic acid groups (broad SMARTS) is 1. The van der Waals surface area contributed by atoms with Crippen LogP contribution in [0.25, 0.3) is 0 Å². The highest BCUT2D eigenvalue weighted by atomic mass is 16.4. The monoisotopic (exact) mass is 559 g/mol. The lowest BCUT2D eigenvalue weighted by atomic mass is 10.00. The predicted molar refractivity (Wildman–Crippen MR) is 148 cm³/mol. The lowest BCUT2D eigenvalue weighted by molar-refractivity contribution is -0.142. The molecule has 13 heteroatoms. The Morgan fingerprint density at radius 2 is 1.55 bits per heavy atom.